The van der Waals surface area contributed by atoms with Crippen LogP contribution >= 0.6 is 11.8 Å². The molecule has 33 heavy (non-hydrogen) atoms. The van der Waals surface area contributed by atoms with Crippen molar-refractivity contribution in [2.24, 2.45) is 0 Å². The van der Waals surface area contributed by atoms with Crippen molar-refractivity contribution in [2.45, 2.75) is 49.3 Å². The molecule has 0 saturated carbocycles. The van der Waals surface area contributed by atoms with Gasteiger partial charge in [0.05, 0.1) is 0 Å². The summed E-state index contributed by atoms with van der Waals surface area (Å²) in [6.45, 7) is 8.53. The summed E-state index contributed by atoms with van der Waals surface area (Å²) in [6, 6.07) is 25.7. The second kappa shape index (κ2) is 9.72. The Morgan fingerprint density at radius 1 is 0.758 bits per heavy atom. The molecular weight excluding hydrogens is 428 g/mol. The highest BCUT2D eigenvalue weighted by Gasteiger charge is 2.18. The third-order valence-corrected chi connectivity index (χ3v) is 6.86. The maximum atomic E-state index is 12.9. The van der Waals surface area contributed by atoms with Crippen molar-refractivity contribution in [2.75, 3.05) is 0 Å². The lowest BCUT2D eigenvalue weighted by Crippen LogP contribution is -2.04. The molecule has 0 aliphatic heterocycles. The Morgan fingerprint density at radius 2 is 1.39 bits per heavy atom. The summed E-state index contributed by atoms with van der Waals surface area (Å²) in [7, 11) is 0. The molecule has 0 saturated heterocycles. The third kappa shape index (κ3) is 5.07. The molecule has 1 heterocycles. The number of hydrogen-bond acceptors (Lipinski definition) is 4. The molecule has 3 aromatic carbocycles. The van der Waals surface area contributed by atoms with Crippen LogP contribution in [0.5, 0.6) is 5.75 Å². The van der Waals surface area contributed by atoms with Gasteiger partial charge in [-0.3, -0.25) is 0 Å². The van der Waals surface area contributed by atoms with E-state index in [0.29, 0.717) is 17.6 Å². The van der Waals surface area contributed by atoms with E-state index in [4.69, 9.17) is 4.42 Å². The maximum absolute atomic E-state index is 12.9. The molecular formula is C29H28O3S. The molecule has 0 bridgehead atoms. The maximum Gasteiger partial charge on any atom is 0.354 e. The minimum Gasteiger partial charge on any atom is -0.506 e. The van der Waals surface area contributed by atoms with Gasteiger partial charge in [-0.25, -0.2) is 4.79 Å². The molecule has 1 N–H and O–H groups in total. The molecule has 1 aromatic heterocycles. The average molecular weight is 457 g/mol. The van der Waals surface area contributed by atoms with E-state index in [1.165, 1.54) is 23.4 Å². The van der Waals surface area contributed by atoms with E-state index in [-0.39, 0.29) is 10.6 Å². The van der Waals surface area contributed by atoms with Crippen molar-refractivity contribution >= 4 is 11.8 Å². The highest BCUT2D eigenvalue weighted by atomic mass is 32.2. The molecule has 4 heteroatoms. The second-order valence-corrected chi connectivity index (χ2v) is 9.82. The smallest absolute Gasteiger partial charge is 0.354 e. The van der Waals surface area contributed by atoms with Gasteiger partial charge in [0.1, 0.15) is 16.4 Å². The molecule has 3 nitrogen and oxygen atoms in total. The largest absolute Gasteiger partial charge is 0.506 e. The lowest BCUT2D eigenvalue weighted by molar-refractivity contribution is 0.430. The average Bonchev–Trinajstić information content (AvgIpc) is 2.81. The van der Waals surface area contributed by atoms with Gasteiger partial charge in [0, 0.05) is 16.5 Å². The predicted octanol–water partition coefficient (Wildman–Crippen LogP) is 8.08. The van der Waals surface area contributed by atoms with Crippen LogP contribution in [0, 0.1) is 0 Å². The Kier molecular flexibility index (Phi) is 6.75. The van der Waals surface area contributed by atoms with E-state index in [1.807, 2.05) is 54.6 Å². The van der Waals surface area contributed by atoms with Gasteiger partial charge in [0.2, 0.25) is 0 Å². The second-order valence-electron chi connectivity index (χ2n) is 8.76. The van der Waals surface area contributed by atoms with Crippen molar-refractivity contribution in [1.82, 2.24) is 0 Å². The minimum absolute atomic E-state index is 0.0666. The van der Waals surface area contributed by atoms with Crippen molar-refractivity contribution in [3.8, 4) is 28.2 Å². The van der Waals surface area contributed by atoms with E-state index in [9.17, 15) is 9.90 Å². The van der Waals surface area contributed by atoms with Crippen LogP contribution in [0.25, 0.3) is 22.5 Å². The molecule has 4 rings (SSSR count). The van der Waals surface area contributed by atoms with Crippen LogP contribution in [0.2, 0.25) is 0 Å². The molecule has 4 aromatic rings. The first kappa shape index (κ1) is 22.9. The molecule has 0 aliphatic rings. The Hall–Kier alpha value is -3.24. The van der Waals surface area contributed by atoms with E-state index in [2.05, 4.69) is 45.9 Å². The van der Waals surface area contributed by atoms with E-state index >= 15 is 0 Å². The summed E-state index contributed by atoms with van der Waals surface area (Å²) in [5.41, 5.74) is 4.73. The predicted molar refractivity (Wildman–Crippen MR) is 136 cm³/mol. The molecule has 0 amide bonds. The van der Waals surface area contributed by atoms with Crippen molar-refractivity contribution in [3.63, 3.8) is 0 Å². The summed E-state index contributed by atoms with van der Waals surface area (Å²) in [4.78, 5) is 14.1. The van der Waals surface area contributed by atoms with E-state index < -0.39 is 5.63 Å². The monoisotopic (exact) mass is 456 g/mol. The molecule has 0 atom stereocenters. The lowest BCUT2D eigenvalue weighted by atomic mass is 9.97. The minimum atomic E-state index is -0.535. The molecule has 0 aliphatic carbocycles. The summed E-state index contributed by atoms with van der Waals surface area (Å²) in [5.74, 6) is 0.951. The van der Waals surface area contributed by atoms with Gasteiger partial charge in [-0.2, -0.15) is 0 Å². The summed E-state index contributed by atoms with van der Waals surface area (Å²) >= 11 is 1.27. The fourth-order valence-electron chi connectivity index (χ4n) is 3.75. The fourth-order valence-corrected chi connectivity index (χ4v) is 4.87. The lowest BCUT2D eigenvalue weighted by Gasteiger charge is -2.16. The molecule has 0 radical (unpaired) electrons. The zero-order valence-electron chi connectivity index (χ0n) is 19.3. The van der Waals surface area contributed by atoms with Gasteiger partial charge >= 0.3 is 5.63 Å². The summed E-state index contributed by atoms with van der Waals surface area (Å²) in [6.07, 6.45) is 0. The van der Waals surface area contributed by atoms with Crippen LogP contribution in [0.4, 0.5) is 0 Å². The zero-order chi connectivity index (χ0) is 23.5. The van der Waals surface area contributed by atoms with Gasteiger partial charge in [0.15, 0.2) is 0 Å². The SMILES string of the molecule is CC(C)c1ccc(C(C)C)c(Sc2c(O)cc(-c3ccc(-c4ccccc4)cc3)oc2=O)c1. The Balaban J connectivity index is 1.66. The normalized spacial score (nSPS) is 11.3. The van der Waals surface area contributed by atoms with Gasteiger partial charge < -0.3 is 9.52 Å². The highest BCUT2D eigenvalue weighted by molar-refractivity contribution is 7.99. The third-order valence-electron chi connectivity index (χ3n) is 5.70. The van der Waals surface area contributed by atoms with E-state index in [0.717, 1.165) is 27.1 Å². The number of rotatable bonds is 6. The first-order valence-corrected chi connectivity index (χ1v) is 12.0. The highest BCUT2D eigenvalue weighted by Crippen LogP contribution is 2.39. The van der Waals surface area contributed by atoms with Crippen LogP contribution in [0.3, 0.4) is 0 Å². The first-order chi connectivity index (χ1) is 15.8. The molecule has 0 unspecified atom stereocenters. The van der Waals surface area contributed by atoms with Crippen molar-refractivity contribution < 1.29 is 9.52 Å². The van der Waals surface area contributed by atoms with Crippen LogP contribution < -0.4 is 5.63 Å². The Morgan fingerprint density at radius 3 is 2.00 bits per heavy atom. The molecule has 0 spiro atoms. The Bertz CT molecular complexity index is 1300. The van der Waals surface area contributed by atoms with Crippen LogP contribution in [-0.2, 0) is 0 Å². The zero-order valence-corrected chi connectivity index (χ0v) is 20.1. The standard InChI is InChI=1S/C29H28O3S/c1-18(2)23-14-15-24(19(3)4)27(16-23)33-28-25(30)17-26(32-29(28)31)22-12-10-21(11-13-22)20-8-6-5-7-9-20/h5-19,30H,1-4H3. The van der Waals surface area contributed by atoms with Crippen molar-refractivity contribution in [1.29, 1.82) is 0 Å². The van der Waals surface area contributed by atoms with Gasteiger partial charge in [-0.05, 0) is 40.2 Å². The topological polar surface area (TPSA) is 50.4 Å². The van der Waals surface area contributed by atoms with Gasteiger partial charge in [-0.15, -0.1) is 0 Å². The van der Waals surface area contributed by atoms with Crippen LogP contribution in [0.1, 0.15) is 50.7 Å². The van der Waals surface area contributed by atoms with Crippen molar-refractivity contribution in [3.05, 3.63) is 100 Å². The van der Waals surface area contributed by atoms with E-state index in [1.54, 1.807) is 0 Å². The Labute approximate surface area is 199 Å². The van der Waals surface area contributed by atoms with Gasteiger partial charge in [-0.1, -0.05) is 106 Å². The van der Waals surface area contributed by atoms with Gasteiger partial charge in [0.25, 0.3) is 0 Å². The molecule has 0 fully saturated rings. The number of aromatic hydroxyl groups is 1. The quantitative estimate of drug-likeness (QED) is 0.319. The fraction of sp³-hybridized carbons (Fsp3) is 0.207. The first-order valence-electron chi connectivity index (χ1n) is 11.2. The van der Waals surface area contributed by atoms with Crippen LogP contribution in [-0.4, -0.2) is 5.11 Å². The number of benzene rings is 3. The summed E-state index contributed by atoms with van der Waals surface area (Å²) < 4.78 is 5.63. The molecule has 168 valence electrons. The number of hydrogen-bond donors (Lipinski definition) is 1. The van der Waals surface area contributed by atoms with Crippen LogP contribution in [0.15, 0.2) is 97.9 Å². The summed E-state index contributed by atoms with van der Waals surface area (Å²) in [5, 5.41) is 10.8.